The number of nitrogens with two attached hydrogens (primary N) is 1. The number of nitrogens with zero attached hydrogens (tertiary/aromatic N) is 2. The molecule has 1 saturated heterocycles. The average molecular weight is 229 g/mol. The quantitative estimate of drug-likeness (QED) is 0.327. The summed E-state index contributed by atoms with van der Waals surface area (Å²) in [6.45, 7) is 6.94. The third-order valence-electron chi connectivity index (χ3n) is 3.25. The second kappa shape index (κ2) is 5.01. The van der Waals surface area contributed by atoms with Gasteiger partial charge in [-0.25, -0.2) is 0 Å². The Morgan fingerprint density at radius 3 is 2.75 bits per heavy atom. The molecule has 1 rings (SSSR count). The Bertz CT molecular complexity index is 266. The largest absolute Gasteiger partial charge is 0.409 e. The Kier molecular flexibility index (Phi) is 4.15. The van der Waals surface area contributed by atoms with Gasteiger partial charge in [0.15, 0.2) is 5.84 Å². The second-order valence-electron chi connectivity index (χ2n) is 5.18. The third-order valence-corrected chi connectivity index (χ3v) is 3.25. The molecule has 0 radical (unpaired) electrons. The number of amidine groups is 1. The van der Waals surface area contributed by atoms with Crippen LogP contribution in [0.3, 0.4) is 0 Å². The maximum absolute atomic E-state index is 8.60. The lowest BCUT2D eigenvalue weighted by molar-refractivity contribution is -0.0272. The number of hydrogen-bond donors (Lipinski definition) is 2. The van der Waals surface area contributed by atoms with Crippen LogP contribution in [0.5, 0.6) is 0 Å². The molecule has 1 heterocycles. The zero-order valence-electron chi connectivity index (χ0n) is 10.6. The van der Waals surface area contributed by atoms with E-state index in [1.54, 1.807) is 0 Å². The summed E-state index contributed by atoms with van der Waals surface area (Å²) < 4.78 is 5.90. The summed E-state index contributed by atoms with van der Waals surface area (Å²) in [6, 6.07) is -0.0719. The van der Waals surface area contributed by atoms with E-state index in [4.69, 9.17) is 15.7 Å². The smallest absolute Gasteiger partial charge is 0.156 e. The van der Waals surface area contributed by atoms with E-state index in [2.05, 4.69) is 19.0 Å². The van der Waals surface area contributed by atoms with Gasteiger partial charge in [0.25, 0.3) is 0 Å². The fourth-order valence-electron chi connectivity index (χ4n) is 1.99. The molecule has 3 N–H and O–H groups in total. The summed E-state index contributed by atoms with van der Waals surface area (Å²) in [7, 11) is 1.96. The lowest BCUT2D eigenvalue weighted by Gasteiger charge is -2.27. The first kappa shape index (κ1) is 13.3. The van der Waals surface area contributed by atoms with Crippen molar-refractivity contribution in [1.82, 2.24) is 4.90 Å². The van der Waals surface area contributed by atoms with E-state index < -0.39 is 0 Å². The van der Waals surface area contributed by atoms with Crippen molar-refractivity contribution in [2.75, 3.05) is 13.6 Å². The number of likely N-dealkylation sites (N-methyl/N-ethyl adjacent to an activating group) is 1. The standard InChI is InChI=1S/C11H23N3O2/c1-8(10(12)13-15)14(4)7-9-5-6-11(2,3)16-9/h8-9,15H,5-7H2,1-4H3,(H2,12,13). The van der Waals surface area contributed by atoms with Crippen LogP contribution in [0, 0.1) is 0 Å². The van der Waals surface area contributed by atoms with Crippen LogP contribution in [-0.4, -0.2) is 47.3 Å². The monoisotopic (exact) mass is 229 g/mol. The van der Waals surface area contributed by atoms with Gasteiger partial charge in [-0.1, -0.05) is 5.16 Å². The van der Waals surface area contributed by atoms with E-state index in [9.17, 15) is 0 Å². The summed E-state index contributed by atoms with van der Waals surface area (Å²) in [5, 5.41) is 11.6. The van der Waals surface area contributed by atoms with Crippen LogP contribution in [0.2, 0.25) is 0 Å². The van der Waals surface area contributed by atoms with Crippen molar-refractivity contribution >= 4 is 5.84 Å². The highest BCUT2D eigenvalue weighted by molar-refractivity contribution is 5.84. The molecule has 1 aliphatic rings. The van der Waals surface area contributed by atoms with Gasteiger partial charge < -0.3 is 15.7 Å². The molecule has 2 unspecified atom stereocenters. The third kappa shape index (κ3) is 3.35. The lowest BCUT2D eigenvalue weighted by Crippen LogP contribution is -2.44. The Morgan fingerprint density at radius 1 is 1.69 bits per heavy atom. The summed E-state index contributed by atoms with van der Waals surface area (Å²) >= 11 is 0. The fourth-order valence-corrected chi connectivity index (χ4v) is 1.99. The van der Waals surface area contributed by atoms with Crippen LogP contribution >= 0.6 is 0 Å². The van der Waals surface area contributed by atoms with Gasteiger partial charge >= 0.3 is 0 Å². The Labute approximate surface area is 97.2 Å². The van der Waals surface area contributed by atoms with Crippen molar-refractivity contribution in [2.45, 2.75) is 51.4 Å². The van der Waals surface area contributed by atoms with Crippen LogP contribution in [0.25, 0.3) is 0 Å². The predicted octanol–water partition coefficient (Wildman–Crippen LogP) is 1.01. The summed E-state index contributed by atoms with van der Waals surface area (Å²) in [4.78, 5) is 2.04. The van der Waals surface area contributed by atoms with Crippen molar-refractivity contribution < 1.29 is 9.94 Å². The fraction of sp³-hybridized carbons (Fsp3) is 0.909. The van der Waals surface area contributed by atoms with E-state index in [-0.39, 0.29) is 23.6 Å². The van der Waals surface area contributed by atoms with Gasteiger partial charge in [-0.3, -0.25) is 4.90 Å². The van der Waals surface area contributed by atoms with Crippen molar-refractivity contribution in [1.29, 1.82) is 0 Å². The Balaban J connectivity index is 2.44. The van der Waals surface area contributed by atoms with Gasteiger partial charge in [-0.05, 0) is 40.7 Å². The lowest BCUT2D eigenvalue weighted by atomic mass is 10.1. The average Bonchev–Trinajstić information content (AvgIpc) is 2.55. The first-order chi connectivity index (χ1) is 7.35. The van der Waals surface area contributed by atoms with E-state index in [0.717, 1.165) is 19.4 Å². The number of oxime groups is 1. The molecule has 1 fully saturated rings. The van der Waals surface area contributed by atoms with Crippen LogP contribution in [0.1, 0.15) is 33.6 Å². The van der Waals surface area contributed by atoms with Gasteiger partial charge in [0.05, 0.1) is 17.7 Å². The molecule has 0 aromatic rings. The SMILES string of the molecule is CC(C(N)=NO)N(C)CC1CCC(C)(C)O1. The van der Waals surface area contributed by atoms with Gasteiger partial charge in [-0.15, -0.1) is 0 Å². The predicted molar refractivity (Wildman–Crippen MR) is 63.7 cm³/mol. The van der Waals surface area contributed by atoms with E-state index in [1.165, 1.54) is 0 Å². The van der Waals surface area contributed by atoms with Gasteiger partial charge in [0.2, 0.25) is 0 Å². The molecular formula is C11H23N3O2. The van der Waals surface area contributed by atoms with Crippen LogP contribution in [-0.2, 0) is 4.74 Å². The van der Waals surface area contributed by atoms with Crippen molar-refractivity contribution in [3.05, 3.63) is 0 Å². The summed E-state index contributed by atoms with van der Waals surface area (Å²) in [6.07, 6.45) is 2.40. The van der Waals surface area contributed by atoms with Crippen LogP contribution in [0.15, 0.2) is 5.16 Å². The molecule has 5 nitrogen and oxygen atoms in total. The molecule has 5 heteroatoms. The minimum atomic E-state index is -0.0719. The Hall–Kier alpha value is -0.810. The van der Waals surface area contributed by atoms with Gasteiger partial charge in [0, 0.05) is 6.54 Å². The first-order valence-corrected chi connectivity index (χ1v) is 5.71. The highest BCUT2D eigenvalue weighted by Crippen LogP contribution is 2.29. The minimum Gasteiger partial charge on any atom is -0.409 e. The molecule has 0 amide bonds. The van der Waals surface area contributed by atoms with Crippen molar-refractivity contribution in [2.24, 2.45) is 10.9 Å². The van der Waals surface area contributed by atoms with Gasteiger partial charge in [-0.2, -0.15) is 0 Å². The van der Waals surface area contributed by atoms with Gasteiger partial charge in [0.1, 0.15) is 0 Å². The molecule has 94 valence electrons. The summed E-state index contributed by atoms with van der Waals surface area (Å²) in [5.74, 6) is 0.236. The number of ether oxygens (including phenoxy) is 1. The van der Waals surface area contributed by atoms with Crippen LogP contribution < -0.4 is 5.73 Å². The molecular weight excluding hydrogens is 206 g/mol. The molecule has 1 aliphatic heterocycles. The molecule has 0 spiro atoms. The van der Waals surface area contributed by atoms with Crippen molar-refractivity contribution in [3.63, 3.8) is 0 Å². The topological polar surface area (TPSA) is 71.1 Å². The highest BCUT2D eigenvalue weighted by Gasteiger charge is 2.32. The molecule has 0 aromatic heterocycles. The zero-order valence-corrected chi connectivity index (χ0v) is 10.6. The molecule has 0 saturated carbocycles. The highest BCUT2D eigenvalue weighted by atomic mass is 16.5. The molecule has 2 atom stereocenters. The van der Waals surface area contributed by atoms with E-state index in [0.29, 0.717) is 0 Å². The zero-order chi connectivity index (χ0) is 12.3. The minimum absolute atomic E-state index is 0.00857. The van der Waals surface area contributed by atoms with E-state index >= 15 is 0 Å². The molecule has 0 aliphatic carbocycles. The first-order valence-electron chi connectivity index (χ1n) is 5.71. The molecule has 0 bridgehead atoms. The van der Waals surface area contributed by atoms with E-state index in [1.807, 2.05) is 18.9 Å². The number of rotatable bonds is 4. The maximum Gasteiger partial charge on any atom is 0.156 e. The normalized spacial score (nSPS) is 27.3. The van der Waals surface area contributed by atoms with Crippen molar-refractivity contribution in [3.8, 4) is 0 Å². The molecule has 16 heavy (non-hydrogen) atoms. The van der Waals surface area contributed by atoms with Crippen LogP contribution in [0.4, 0.5) is 0 Å². The molecule has 0 aromatic carbocycles. The Morgan fingerprint density at radius 2 is 2.31 bits per heavy atom. The maximum atomic E-state index is 8.60. The number of hydrogen-bond acceptors (Lipinski definition) is 4. The summed E-state index contributed by atoms with van der Waals surface area (Å²) in [5.41, 5.74) is 5.55. The second-order valence-corrected chi connectivity index (χ2v) is 5.18.